The molecule has 0 saturated carbocycles. The van der Waals surface area contributed by atoms with Crippen LogP contribution in [0.2, 0.25) is 5.02 Å². The maximum atomic E-state index is 12.9. The summed E-state index contributed by atoms with van der Waals surface area (Å²) in [6, 6.07) is 14.9. The van der Waals surface area contributed by atoms with Gasteiger partial charge in [0.2, 0.25) is 0 Å². The first-order valence-electron chi connectivity index (χ1n) is 10.4. The van der Waals surface area contributed by atoms with Gasteiger partial charge in [0, 0.05) is 5.56 Å². The summed E-state index contributed by atoms with van der Waals surface area (Å²) in [7, 11) is 0. The fourth-order valence-corrected chi connectivity index (χ4v) is 3.99. The molecule has 3 amide bonds. The Labute approximate surface area is 203 Å². The number of hydrogen-bond donors (Lipinski definition) is 1. The van der Waals surface area contributed by atoms with Crippen LogP contribution in [0.4, 0.5) is 11.4 Å². The van der Waals surface area contributed by atoms with E-state index >= 15 is 0 Å². The van der Waals surface area contributed by atoms with Gasteiger partial charge in [-0.3, -0.25) is 19.2 Å². The second kappa shape index (κ2) is 8.69. The van der Waals surface area contributed by atoms with E-state index in [9.17, 15) is 24.0 Å². The molecule has 0 saturated heterocycles. The number of nitrogens with one attached hydrogen (secondary N) is 1. The van der Waals surface area contributed by atoms with Crippen LogP contribution in [0.25, 0.3) is 0 Å². The van der Waals surface area contributed by atoms with Gasteiger partial charge in [-0.05, 0) is 48.5 Å². The third kappa shape index (κ3) is 4.02. The van der Waals surface area contributed by atoms with Crippen LogP contribution in [0.15, 0.2) is 60.7 Å². The van der Waals surface area contributed by atoms with Crippen molar-refractivity contribution in [2.24, 2.45) is 0 Å². The molecule has 9 nitrogen and oxygen atoms in total. The van der Waals surface area contributed by atoms with Crippen molar-refractivity contribution in [3.05, 3.63) is 87.9 Å². The number of fused-ring (bicyclic) bond motifs is 2. The lowest BCUT2D eigenvalue weighted by Gasteiger charge is -2.18. The molecule has 0 atom stereocenters. The van der Waals surface area contributed by atoms with Crippen molar-refractivity contribution in [3.8, 4) is 5.75 Å². The molecule has 1 N–H and O–H groups in total. The molecule has 2 aliphatic rings. The Bertz CT molecular complexity index is 1450. The zero-order valence-corrected chi connectivity index (χ0v) is 18.6. The molecule has 2 aliphatic heterocycles. The van der Waals surface area contributed by atoms with Gasteiger partial charge in [0.25, 0.3) is 17.7 Å². The number of ether oxygens (including phenoxy) is 2. The van der Waals surface area contributed by atoms with Gasteiger partial charge >= 0.3 is 5.97 Å². The lowest BCUT2D eigenvalue weighted by Crippen LogP contribution is -2.29. The summed E-state index contributed by atoms with van der Waals surface area (Å²) in [5, 5.41) is 2.83. The van der Waals surface area contributed by atoms with E-state index in [1.165, 1.54) is 36.4 Å². The number of nitrogens with zero attached hydrogens (tertiary/aromatic N) is 1. The SMILES string of the molecule is O=C1COc2ccc(C(=O)COC(=O)c3ccc4c(c3)C(=O)N(c3ccccc3Cl)C4=O)cc2N1. The first kappa shape index (κ1) is 22.3. The molecule has 5 rings (SSSR count). The maximum Gasteiger partial charge on any atom is 0.338 e. The minimum absolute atomic E-state index is 0.00446. The zero-order valence-electron chi connectivity index (χ0n) is 17.9. The first-order valence-corrected chi connectivity index (χ1v) is 10.8. The van der Waals surface area contributed by atoms with Crippen LogP contribution in [0, 0.1) is 0 Å². The number of amides is 3. The summed E-state index contributed by atoms with van der Waals surface area (Å²) < 4.78 is 10.4. The monoisotopic (exact) mass is 490 g/mol. The van der Waals surface area contributed by atoms with E-state index in [0.29, 0.717) is 11.4 Å². The minimum Gasteiger partial charge on any atom is -0.482 e. The Balaban J connectivity index is 1.30. The normalized spacial score (nSPS) is 14.1. The van der Waals surface area contributed by atoms with E-state index in [2.05, 4.69) is 5.32 Å². The fraction of sp³-hybridized carbons (Fsp3) is 0.0800. The van der Waals surface area contributed by atoms with E-state index in [4.69, 9.17) is 21.1 Å². The van der Waals surface area contributed by atoms with E-state index in [1.807, 2.05) is 0 Å². The van der Waals surface area contributed by atoms with E-state index < -0.39 is 30.2 Å². The Hall–Kier alpha value is -4.50. The van der Waals surface area contributed by atoms with Gasteiger partial charge in [0.15, 0.2) is 19.0 Å². The quantitative estimate of drug-likeness (QED) is 0.330. The summed E-state index contributed by atoms with van der Waals surface area (Å²) in [5.41, 5.74) is 0.962. The predicted octanol–water partition coefficient (Wildman–Crippen LogP) is 3.51. The molecular weight excluding hydrogens is 476 g/mol. The number of ketones is 1. The van der Waals surface area contributed by atoms with Crippen LogP contribution in [0.3, 0.4) is 0 Å². The number of Topliss-reactive ketones (excluding diaryl/α,β-unsaturated/α-hetero) is 1. The number of rotatable bonds is 5. The highest BCUT2D eigenvalue weighted by Crippen LogP contribution is 2.33. The van der Waals surface area contributed by atoms with Crippen LogP contribution in [0.1, 0.15) is 41.4 Å². The molecule has 3 aromatic rings. The third-order valence-corrected chi connectivity index (χ3v) is 5.80. The molecule has 0 fully saturated rings. The summed E-state index contributed by atoms with van der Waals surface area (Å²) in [5.74, 6) is -2.43. The van der Waals surface area contributed by atoms with Crippen molar-refractivity contribution in [2.75, 3.05) is 23.4 Å². The number of halogens is 1. The molecule has 0 spiro atoms. The van der Waals surface area contributed by atoms with Crippen molar-refractivity contribution in [2.45, 2.75) is 0 Å². The summed E-state index contributed by atoms with van der Waals surface area (Å²) in [6.45, 7) is -0.676. The number of hydrogen-bond acceptors (Lipinski definition) is 7. The van der Waals surface area contributed by atoms with Gasteiger partial charge < -0.3 is 14.8 Å². The summed E-state index contributed by atoms with van der Waals surface area (Å²) >= 11 is 6.15. The predicted molar refractivity (Wildman–Crippen MR) is 124 cm³/mol. The van der Waals surface area contributed by atoms with Crippen molar-refractivity contribution in [3.63, 3.8) is 0 Å². The third-order valence-electron chi connectivity index (χ3n) is 5.48. The molecule has 0 aromatic heterocycles. The molecule has 3 aromatic carbocycles. The average molecular weight is 491 g/mol. The number of imide groups is 1. The first-order chi connectivity index (χ1) is 16.8. The molecule has 0 bridgehead atoms. The van der Waals surface area contributed by atoms with Gasteiger partial charge in [0.05, 0.1) is 33.1 Å². The van der Waals surface area contributed by atoms with Crippen LogP contribution in [-0.4, -0.2) is 42.7 Å². The summed E-state index contributed by atoms with van der Waals surface area (Å²) in [4.78, 5) is 63.2. The highest BCUT2D eigenvalue weighted by atomic mass is 35.5. The van der Waals surface area contributed by atoms with Gasteiger partial charge in [-0.25, -0.2) is 9.69 Å². The largest absolute Gasteiger partial charge is 0.482 e. The highest BCUT2D eigenvalue weighted by Gasteiger charge is 2.38. The lowest BCUT2D eigenvalue weighted by atomic mass is 10.1. The average Bonchev–Trinajstić information content (AvgIpc) is 3.11. The smallest absolute Gasteiger partial charge is 0.338 e. The van der Waals surface area contributed by atoms with Gasteiger partial charge in [-0.15, -0.1) is 0 Å². The molecule has 0 radical (unpaired) electrons. The van der Waals surface area contributed by atoms with Crippen molar-refractivity contribution >= 4 is 52.4 Å². The van der Waals surface area contributed by atoms with Crippen molar-refractivity contribution in [1.82, 2.24) is 0 Å². The molecule has 174 valence electrons. The maximum absolute atomic E-state index is 12.9. The molecular formula is C25H15ClN2O7. The Morgan fingerprint density at radius 1 is 0.943 bits per heavy atom. The molecule has 0 aliphatic carbocycles. The van der Waals surface area contributed by atoms with Crippen molar-refractivity contribution in [1.29, 1.82) is 0 Å². The second-order valence-electron chi connectivity index (χ2n) is 7.70. The Kier molecular flexibility index (Phi) is 5.54. The van der Waals surface area contributed by atoms with E-state index in [1.54, 1.807) is 24.3 Å². The van der Waals surface area contributed by atoms with Crippen molar-refractivity contribution < 1.29 is 33.4 Å². The highest BCUT2D eigenvalue weighted by molar-refractivity contribution is 6.39. The molecule has 10 heteroatoms. The Morgan fingerprint density at radius 3 is 2.49 bits per heavy atom. The van der Waals surface area contributed by atoms with Gasteiger partial charge in [-0.2, -0.15) is 0 Å². The minimum atomic E-state index is -0.841. The second-order valence-corrected chi connectivity index (χ2v) is 8.11. The van der Waals surface area contributed by atoms with Crippen LogP contribution < -0.4 is 15.0 Å². The number of carbonyl (C=O) groups excluding carboxylic acids is 5. The van der Waals surface area contributed by atoms with Gasteiger partial charge in [0.1, 0.15) is 5.75 Å². The Morgan fingerprint density at radius 2 is 1.69 bits per heavy atom. The number of para-hydroxylation sites is 1. The molecule has 35 heavy (non-hydrogen) atoms. The van der Waals surface area contributed by atoms with Gasteiger partial charge in [-0.1, -0.05) is 23.7 Å². The number of esters is 1. The molecule has 2 heterocycles. The van der Waals surface area contributed by atoms with Crippen LogP contribution >= 0.6 is 11.6 Å². The fourth-order valence-electron chi connectivity index (χ4n) is 3.77. The number of carbonyl (C=O) groups is 5. The van der Waals surface area contributed by atoms with Crippen LogP contribution in [0.5, 0.6) is 5.75 Å². The topological polar surface area (TPSA) is 119 Å². The van der Waals surface area contributed by atoms with E-state index in [0.717, 1.165) is 4.90 Å². The number of anilines is 2. The summed E-state index contributed by atoms with van der Waals surface area (Å²) in [6.07, 6.45) is 0. The van der Waals surface area contributed by atoms with Crippen LogP contribution in [-0.2, 0) is 9.53 Å². The van der Waals surface area contributed by atoms with E-state index in [-0.39, 0.29) is 45.5 Å². The number of benzene rings is 3. The zero-order chi connectivity index (χ0) is 24.7. The molecule has 0 unspecified atom stereocenters. The standard InChI is InChI=1S/C25H15ClN2O7/c26-17-3-1-2-4-19(17)28-23(31)15-7-5-14(9-16(15)24(28)32)25(33)35-11-20(29)13-6-8-21-18(10-13)27-22(30)12-34-21/h1-10H,11-12H2,(H,27,30). The lowest BCUT2D eigenvalue weighted by molar-refractivity contribution is -0.118.